The fourth-order valence-corrected chi connectivity index (χ4v) is 4.39. The molecular weight excluding hydrogens is 318 g/mol. The zero-order valence-electron chi connectivity index (χ0n) is 13.7. The molecule has 1 fully saturated rings. The van der Waals surface area contributed by atoms with Gasteiger partial charge in [0.05, 0.1) is 13.2 Å². The number of thioether (sulfide) groups is 1. The first-order valence-electron chi connectivity index (χ1n) is 8.61. The van der Waals surface area contributed by atoms with Gasteiger partial charge in [-0.05, 0) is 28.9 Å². The Bertz CT molecular complexity index is 668. The van der Waals surface area contributed by atoms with Gasteiger partial charge < -0.3 is 14.8 Å². The third-order valence-electron chi connectivity index (χ3n) is 4.66. The number of fused-ring (bicyclic) bond motifs is 1. The quantitative estimate of drug-likeness (QED) is 0.915. The van der Waals surface area contributed by atoms with Crippen LogP contribution in [0.5, 0.6) is 0 Å². The van der Waals surface area contributed by atoms with Gasteiger partial charge in [0.1, 0.15) is 0 Å². The van der Waals surface area contributed by atoms with Crippen molar-refractivity contribution in [2.75, 3.05) is 24.7 Å². The van der Waals surface area contributed by atoms with Crippen LogP contribution >= 0.6 is 11.8 Å². The molecule has 3 nitrogen and oxygen atoms in total. The summed E-state index contributed by atoms with van der Waals surface area (Å²) in [5.41, 5.74) is 5.35. The molecule has 1 saturated heterocycles. The van der Waals surface area contributed by atoms with Crippen LogP contribution in [-0.4, -0.2) is 24.7 Å². The van der Waals surface area contributed by atoms with E-state index in [1.807, 2.05) is 11.8 Å². The van der Waals surface area contributed by atoms with Crippen LogP contribution < -0.4 is 5.32 Å². The molecule has 24 heavy (non-hydrogen) atoms. The number of hydrogen-bond donors (Lipinski definition) is 1. The number of benzene rings is 2. The summed E-state index contributed by atoms with van der Waals surface area (Å²) in [5, 5.41) is 3.74. The molecule has 0 aliphatic carbocycles. The lowest BCUT2D eigenvalue weighted by atomic mass is 9.99. The SMILES string of the molecule is c1ccc2c(c1)CCSCC2NCc1ccc(C2OCCO2)cc1. The van der Waals surface area contributed by atoms with Crippen molar-refractivity contribution in [3.8, 4) is 0 Å². The van der Waals surface area contributed by atoms with E-state index in [1.54, 1.807) is 0 Å². The van der Waals surface area contributed by atoms with E-state index in [9.17, 15) is 0 Å². The molecule has 2 aromatic rings. The maximum atomic E-state index is 5.55. The molecule has 2 aliphatic heterocycles. The zero-order chi connectivity index (χ0) is 16.2. The maximum Gasteiger partial charge on any atom is 0.184 e. The van der Waals surface area contributed by atoms with Gasteiger partial charge in [-0.3, -0.25) is 0 Å². The van der Waals surface area contributed by atoms with Crippen LogP contribution in [0.1, 0.15) is 34.6 Å². The van der Waals surface area contributed by atoms with Gasteiger partial charge in [0.2, 0.25) is 0 Å². The lowest BCUT2D eigenvalue weighted by Gasteiger charge is -2.19. The van der Waals surface area contributed by atoms with Crippen LogP contribution in [0.2, 0.25) is 0 Å². The lowest BCUT2D eigenvalue weighted by molar-refractivity contribution is -0.0441. The van der Waals surface area contributed by atoms with Gasteiger partial charge in [-0.2, -0.15) is 11.8 Å². The Morgan fingerprint density at radius 2 is 1.79 bits per heavy atom. The van der Waals surface area contributed by atoms with Crippen molar-refractivity contribution in [2.24, 2.45) is 0 Å². The highest BCUT2D eigenvalue weighted by atomic mass is 32.2. The van der Waals surface area contributed by atoms with Crippen LogP contribution in [0.4, 0.5) is 0 Å². The van der Waals surface area contributed by atoms with E-state index in [-0.39, 0.29) is 6.29 Å². The third kappa shape index (κ3) is 3.67. The summed E-state index contributed by atoms with van der Waals surface area (Å²) >= 11 is 2.04. The fraction of sp³-hybridized carbons (Fsp3) is 0.400. The minimum atomic E-state index is -0.183. The number of rotatable bonds is 4. The highest BCUT2D eigenvalue weighted by molar-refractivity contribution is 7.99. The monoisotopic (exact) mass is 341 g/mol. The number of ether oxygens (including phenoxy) is 2. The van der Waals surface area contributed by atoms with Crippen molar-refractivity contribution in [3.05, 3.63) is 70.8 Å². The van der Waals surface area contributed by atoms with Crippen LogP contribution in [0.25, 0.3) is 0 Å². The number of nitrogens with one attached hydrogen (secondary N) is 1. The average molecular weight is 341 g/mol. The molecule has 0 spiro atoms. The third-order valence-corrected chi connectivity index (χ3v) is 5.72. The predicted molar refractivity (Wildman–Crippen MR) is 98.1 cm³/mol. The highest BCUT2D eigenvalue weighted by Gasteiger charge is 2.19. The summed E-state index contributed by atoms with van der Waals surface area (Å²) in [6, 6.07) is 17.8. The molecule has 1 atom stereocenters. The predicted octanol–water partition coefficient (Wildman–Crippen LogP) is 3.85. The molecule has 0 amide bonds. The first kappa shape index (κ1) is 16.2. The van der Waals surface area contributed by atoms with Crippen molar-refractivity contribution in [1.29, 1.82) is 0 Å². The van der Waals surface area contributed by atoms with Crippen LogP contribution in [0.15, 0.2) is 48.5 Å². The van der Waals surface area contributed by atoms with E-state index in [0.717, 1.165) is 17.9 Å². The van der Waals surface area contributed by atoms with Crippen molar-refractivity contribution in [2.45, 2.75) is 25.3 Å². The summed E-state index contributed by atoms with van der Waals surface area (Å²) in [6.07, 6.45) is 0.992. The molecule has 1 unspecified atom stereocenters. The molecule has 4 heteroatoms. The second-order valence-electron chi connectivity index (χ2n) is 6.27. The van der Waals surface area contributed by atoms with E-state index in [4.69, 9.17) is 9.47 Å². The van der Waals surface area contributed by atoms with Crippen molar-refractivity contribution < 1.29 is 9.47 Å². The first-order chi connectivity index (χ1) is 11.9. The molecule has 0 radical (unpaired) electrons. The topological polar surface area (TPSA) is 30.5 Å². The van der Waals surface area contributed by atoms with E-state index in [0.29, 0.717) is 19.3 Å². The van der Waals surface area contributed by atoms with Crippen molar-refractivity contribution in [1.82, 2.24) is 5.32 Å². The molecule has 0 aromatic heterocycles. The molecule has 2 aromatic carbocycles. The first-order valence-corrected chi connectivity index (χ1v) is 9.76. The smallest absolute Gasteiger partial charge is 0.184 e. The Kier molecular flexibility index (Phi) is 5.18. The zero-order valence-corrected chi connectivity index (χ0v) is 14.6. The minimum Gasteiger partial charge on any atom is -0.346 e. The molecule has 0 saturated carbocycles. The average Bonchev–Trinajstić information content (AvgIpc) is 3.09. The Hall–Kier alpha value is -1.33. The van der Waals surface area contributed by atoms with E-state index < -0.39 is 0 Å². The van der Waals surface area contributed by atoms with Crippen molar-refractivity contribution in [3.63, 3.8) is 0 Å². The van der Waals surface area contributed by atoms with Gasteiger partial charge in [0, 0.05) is 23.9 Å². The summed E-state index contributed by atoms with van der Waals surface area (Å²) in [7, 11) is 0. The summed E-state index contributed by atoms with van der Waals surface area (Å²) in [6.45, 7) is 2.26. The summed E-state index contributed by atoms with van der Waals surface area (Å²) in [5.74, 6) is 2.35. The van der Waals surface area contributed by atoms with E-state index in [1.165, 1.54) is 28.9 Å². The van der Waals surface area contributed by atoms with Gasteiger partial charge in [-0.15, -0.1) is 0 Å². The van der Waals surface area contributed by atoms with Crippen LogP contribution in [-0.2, 0) is 22.4 Å². The van der Waals surface area contributed by atoms with Crippen LogP contribution in [0, 0.1) is 0 Å². The standard InChI is InChI=1S/C20H23NO2S/c1-2-4-18-16(3-1)9-12-24-14-19(18)21-13-15-5-7-17(8-6-15)20-22-10-11-23-20/h1-8,19-21H,9-14H2. The lowest BCUT2D eigenvalue weighted by Crippen LogP contribution is -2.23. The number of aryl methyl sites for hydroxylation is 1. The Balaban J connectivity index is 1.41. The normalized spacial score (nSPS) is 21.4. The van der Waals surface area contributed by atoms with E-state index >= 15 is 0 Å². The number of hydrogen-bond acceptors (Lipinski definition) is 4. The summed E-state index contributed by atoms with van der Waals surface area (Å²) in [4.78, 5) is 0. The summed E-state index contributed by atoms with van der Waals surface area (Å²) < 4.78 is 11.1. The molecule has 2 heterocycles. The van der Waals surface area contributed by atoms with Gasteiger partial charge in [0.15, 0.2) is 6.29 Å². The van der Waals surface area contributed by atoms with Crippen molar-refractivity contribution >= 4 is 11.8 Å². The van der Waals surface area contributed by atoms with Crippen LogP contribution in [0.3, 0.4) is 0 Å². The molecule has 4 rings (SSSR count). The molecular formula is C20H23NO2S. The van der Waals surface area contributed by atoms with E-state index in [2.05, 4.69) is 53.8 Å². The second-order valence-corrected chi connectivity index (χ2v) is 7.42. The highest BCUT2D eigenvalue weighted by Crippen LogP contribution is 2.28. The molecule has 126 valence electrons. The van der Waals surface area contributed by atoms with Gasteiger partial charge >= 0.3 is 0 Å². The maximum absolute atomic E-state index is 5.55. The molecule has 0 bridgehead atoms. The molecule has 2 aliphatic rings. The fourth-order valence-electron chi connectivity index (χ4n) is 3.33. The minimum absolute atomic E-state index is 0.183. The van der Waals surface area contributed by atoms with Gasteiger partial charge in [-0.25, -0.2) is 0 Å². The Morgan fingerprint density at radius 3 is 2.62 bits per heavy atom. The van der Waals surface area contributed by atoms with Gasteiger partial charge in [-0.1, -0.05) is 48.5 Å². The molecule has 1 N–H and O–H groups in total. The Morgan fingerprint density at radius 1 is 1.00 bits per heavy atom. The van der Waals surface area contributed by atoms with Gasteiger partial charge in [0.25, 0.3) is 0 Å². The largest absolute Gasteiger partial charge is 0.346 e. The Labute approximate surface area is 147 Å². The second kappa shape index (κ2) is 7.70.